The quantitative estimate of drug-likeness (QED) is 0.368. The summed E-state index contributed by atoms with van der Waals surface area (Å²) < 4.78 is 0. The number of likely N-dealkylation sites (tertiary alicyclic amines) is 1. The Morgan fingerprint density at radius 3 is 2.42 bits per heavy atom. The first-order chi connectivity index (χ1) is 16.0. The van der Waals surface area contributed by atoms with Crippen LogP contribution in [0.3, 0.4) is 0 Å². The Hall–Kier alpha value is -2.46. The zero-order valence-electron chi connectivity index (χ0n) is 20.6. The smallest absolute Gasteiger partial charge is 0.137 e. The van der Waals surface area contributed by atoms with Gasteiger partial charge >= 0.3 is 0 Å². The highest BCUT2D eigenvalue weighted by atomic mass is 15.2. The predicted octanol–water partition coefficient (Wildman–Crippen LogP) is 6.33. The molecule has 4 nitrogen and oxygen atoms in total. The number of hydrogen-bond acceptors (Lipinski definition) is 4. The maximum atomic E-state index is 5.04. The first kappa shape index (κ1) is 22.3. The lowest BCUT2D eigenvalue weighted by Crippen LogP contribution is -2.45. The molecule has 0 amide bonds. The average molecular weight is 443 g/mol. The Labute approximate surface area is 199 Å². The SMILES string of the molecule is C=C(C)/C(C)=C/C(=NC)C1=CC(=C2CCC2)N2C=C(C3CCN(C4CCC4)CC3)C=CC2=N1. The maximum absolute atomic E-state index is 5.04. The molecule has 3 fully saturated rings. The van der Waals surface area contributed by atoms with Gasteiger partial charge in [0.15, 0.2) is 0 Å². The Kier molecular flexibility index (Phi) is 6.38. The van der Waals surface area contributed by atoms with Gasteiger partial charge in [-0.25, -0.2) is 4.99 Å². The number of nitrogens with zero attached hydrogens (tertiary/aromatic N) is 4. The molecule has 33 heavy (non-hydrogen) atoms. The van der Waals surface area contributed by atoms with Gasteiger partial charge in [-0.15, -0.1) is 0 Å². The lowest BCUT2D eigenvalue weighted by atomic mass is 9.84. The van der Waals surface area contributed by atoms with Crippen LogP contribution in [0.15, 0.2) is 80.8 Å². The summed E-state index contributed by atoms with van der Waals surface area (Å²) in [5, 5.41) is 0. The minimum absolute atomic E-state index is 0.658. The van der Waals surface area contributed by atoms with Crippen molar-refractivity contribution in [1.82, 2.24) is 9.80 Å². The third-order valence-electron chi connectivity index (χ3n) is 8.16. The van der Waals surface area contributed by atoms with Crippen LogP contribution >= 0.6 is 0 Å². The summed E-state index contributed by atoms with van der Waals surface area (Å²) in [6, 6.07) is 0.873. The van der Waals surface area contributed by atoms with Gasteiger partial charge < -0.3 is 9.80 Å². The van der Waals surface area contributed by atoms with Gasteiger partial charge in [-0.2, -0.15) is 0 Å². The van der Waals surface area contributed by atoms with Crippen molar-refractivity contribution in [3.8, 4) is 0 Å². The van der Waals surface area contributed by atoms with Crippen molar-refractivity contribution in [3.63, 3.8) is 0 Å². The van der Waals surface area contributed by atoms with E-state index in [1.54, 1.807) is 5.57 Å². The molecule has 0 unspecified atom stereocenters. The highest BCUT2D eigenvalue weighted by Gasteiger charge is 2.32. The van der Waals surface area contributed by atoms with Crippen LogP contribution in [0.5, 0.6) is 0 Å². The van der Waals surface area contributed by atoms with Crippen molar-refractivity contribution in [2.75, 3.05) is 20.1 Å². The van der Waals surface area contributed by atoms with Gasteiger partial charge in [-0.3, -0.25) is 4.99 Å². The number of aliphatic imine (C=N–C) groups is 2. The number of amidine groups is 1. The molecule has 3 heterocycles. The summed E-state index contributed by atoms with van der Waals surface area (Å²) >= 11 is 0. The van der Waals surface area contributed by atoms with Crippen LogP contribution in [-0.2, 0) is 0 Å². The molecule has 0 aromatic heterocycles. The Morgan fingerprint density at radius 1 is 1.09 bits per heavy atom. The standard InChI is InChI=1S/C29H38N4/c1-20(2)21(3)17-26(30-4)27-18-28(23-7-5-8-23)33-19-24(11-12-29(33)31-27)22-13-15-32(16-14-22)25-9-6-10-25/h11-12,17-19,22,25H,1,5-10,13-16H2,2-4H3/b21-17+,30-26?. The average Bonchev–Trinajstić information content (AvgIpc) is 2.75. The second kappa shape index (κ2) is 9.42. The zero-order valence-corrected chi connectivity index (χ0v) is 20.6. The Morgan fingerprint density at radius 2 is 1.85 bits per heavy atom. The monoisotopic (exact) mass is 442 g/mol. The fourth-order valence-corrected chi connectivity index (χ4v) is 5.33. The van der Waals surface area contributed by atoms with E-state index in [1.807, 2.05) is 14.0 Å². The zero-order chi connectivity index (χ0) is 22.9. The molecule has 2 aliphatic carbocycles. The summed E-state index contributed by atoms with van der Waals surface area (Å²) in [5.41, 5.74) is 8.42. The summed E-state index contributed by atoms with van der Waals surface area (Å²) in [6.07, 6.45) is 21.8. The molecule has 0 bridgehead atoms. The first-order valence-corrected chi connectivity index (χ1v) is 12.8. The molecule has 0 aromatic rings. The summed E-state index contributed by atoms with van der Waals surface area (Å²) in [4.78, 5) is 14.7. The molecule has 1 saturated heterocycles. The Balaban J connectivity index is 1.39. The minimum Gasteiger partial charge on any atom is -0.302 e. The van der Waals surface area contributed by atoms with Crippen LogP contribution in [0, 0.1) is 5.92 Å². The van der Waals surface area contributed by atoms with Crippen LogP contribution in [-0.4, -0.2) is 47.5 Å². The molecular formula is C29H38N4. The van der Waals surface area contributed by atoms with Crippen molar-refractivity contribution >= 4 is 11.5 Å². The highest BCUT2D eigenvalue weighted by molar-refractivity contribution is 6.12. The van der Waals surface area contributed by atoms with Crippen molar-refractivity contribution in [3.05, 3.63) is 70.8 Å². The second-order valence-electron chi connectivity index (χ2n) is 10.3. The number of piperidine rings is 1. The lowest BCUT2D eigenvalue weighted by Gasteiger charge is -2.42. The molecule has 4 heteroatoms. The third kappa shape index (κ3) is 4.50. The van der Waals surface area contributed by atoms with Gasteiger partial charge in [0.2, 0.25) is 0 Å². The molecule has 174 valence electrons. The third-order valence-corrected chi connectivity index (χ3v) is 8.16. The van der Waals surface area contributed by atoms with E-state index in [0.29, 0.717) is 5.92 Å². The largest absolute Gasteiger partial charge is 0.302 e. The molecule has 3 aliphatic heterocycles. The molecule has 0 radical (unpaired) electrons. The number of allylic oxidation sites excluding steroid dienone is 7. The first-order valence-electron chi connectivity index (χ1n) is 12.8. The molecule has 0 atom stereocenters. The molecule has 0 aromatic carbocycles. The fraction of sp³-hybridized carbons (Fsp3) is 0.517. The van der Waals surface area contributed by atoms with Crippen LogP contribution in [0.2, 0.25) is 0 Å². The highest BCUT2D eigenvalue weighted by Crippen LogP contribution is 2.38. The summed E-state index contributed by atoms with van der Waals surface area (Å²) in [7, 11) is 1.85. The molecule has 5 aliphatic rings. The Bertz CT molecular complexity index is 1030. The van der Waals surface area contributed by atoms with Gasteiger partial charge in [0.1, 0.15) is 5.84 Å². The molecule has 2 saturated carbocycles. The van der Waals surface area contributed by atoms with Crippen LogP contribution < -0.4 is 0 Å². The predicted molar refractivity (Wildman–Crippen MR) is 139 cm³/mol. The number of rotatable bonds is 5. The fourth-order valence-electron chi connectivity index (χ4n) is 5.33. The van der Waals surface area contributed by atoms with Crippen molar-refractivity contribution in [2.24, 2.45) is 15.9 Å². The van der Waals surface area contributed by atoms with Crippen molar-refractivity contribution in [2.45, 2.75) is 71.3 Å². The van der Waals surface area contributed by atoms with Crippen LogP contribution in [0.4, 0.5) is 0 Å². The van der Waals surface area contributed by atoms with E-state index in [9.17, 15) is 0 Å². The van der Waals surface area contributed by atoms with Crippen molar-refractivity contribution in [1.29, 1.82) is 0 Å². The molecule has 5 rings (SSSR count). The summed E-state index contributed by atoms with van der Waals surface area (Å²) in [6.45, 7) is 10.7. The van der Waals surface area contributed by atoms with E-state index in [1.165, 1.54) is 75.7 Å². The topological polar surface area (TPSA) is 31.2 Å². The van der Waals surface area contributed by atoms with E-state index in [4.69, 9.17) is 4.99 Å². The molecule has 0 N–H and O–H groups in total. The van der Waals surface area contributed by atoms with E-state index in [0.717, 1.165) is 34.4 Å². The maximum Gasteiger partial charge on any atom is 0.137 e. The van der Waals surface area contributed by atoms with E-state index in [2.05, 4.69) is 58.8 Å². The van der Waals surface area contributed by atoms with Crippen molar-refractivity contribution < 1.29 is 0 Å². The minimum atomic E-state index is 0.658. The molecule has 0 spiro atoms. The van der Waals surface area contributed by atoms with Crippen LogP contribution in [0.25, 0.3) is 0 Å². The van der Waals surface area contributed by atoms with E-state index < -0.39 is 0 Å². The number of fused-ring (bicyclic) bond motifs is 1. The normalized spacial score (nSPS) is 25.2. The van der Waals surface area contributed by atoms with Crippen LogP contribution in [0.1, 0.15) is 65.2 Å². The number of hydrogen-bond donors (Lipinski definition) is 0. The van der Waals surface area contributed by atoms with Gasteiger partial charge in [-0.1, -0.05) is 24.6 Å². The van der Waals surface area contributed by atoms with Gasteiger partial charge in [0, 0.05) is 25.0 Å². The van der Waals surface area contributed by atoms with Gasteiger partial charge in [0.25, 0.3) is 0 Å². The second-order valence-corrected chi connectivity index (χ2v) is 10.3. The van der Waals surface area contributed by atoms with E-state index in [-0.39, 0.29) is 0 Å². The molecular weight excluding hydrogens is 404 g/mol. The summed E-state index contributed by atoms with van der Waals surface area (Å²) in [5.74, 6) is 1.67. The lowest BCUT2D eigenvalue weighted by molar-refractivity contribution is 0.0915. The van der Waals surface area contributed by atoms with E-state index >= 15 is 0 Å². The van der Waals surface area contributed by atoms with Gasteiger partial charge in [0.05, 0.1) is 11.4 Å². The van der Waals surface area contributed by atoms with Gasteiger partial charge in [-0.05, 0) is 113 Å².